The molecule has 0 radical (unpaired) electrons. The number of rotatable bonds is 5. The summed E-state index contributed by atoms with van der Waals surface area (Å²) in [5, 5.41) is 0.530. The maximum atomic E-state index is 12.8. The van der Waals surface area contributed by atoms with E-state index in [0.29, 0.717) is 39.5 Å². The number of nitrogens with zero attached hydrogens (tertiary/aromatic N) is 1. The van der Waals surface area contributed by atoms with Crippen molar-refractivity contribution >= 4 is 10.9 Å². The lowest BCUT2D eigenvalue weighted by molar-refractivity contribution is 0.324. The molecule has 6 heteroatoms. The van der Waals surface area contributed by atoms with E-state index in [1.165, 1.54) is 0 Å². The molecule has 1 aromatic heterocycles. The summed E-state index contributed by atoms with van der Waals surface area (Å²) in [6.07, 6.45) is 0. The van der Waals surface area contributed by atoms with E-state index in [1.54, 1.807) is 33.5 Å². The molecule has 0 aliphatic heterocycles. The third-order valence-corrected chi connectivity index (χ3v) is 4.75. The van der Waals surface area contributed by atoms with Crippen LogP contribution in [0.1, 0.15) is 0 Å². The number of nitrogens with one attached hydrogen (secondary N) is 1. The molecule has 3 aromatic carbocycles. The van der Waals surface area contributed by atoms with E-state index in [4.69, 9.17) is 14.2 Å². The van der Waals surface area contributed by atoms with Crippen molar-refractivity contribution in [1.82, 2.24) is 9.97 Å². The van der Waals surface area contributed by atoms with Gasteiger partial charge in [-0.3, -0.25) is 4.79 Å². The van der Waals surface area contributed by atoms with Crippen molar-refractivity contribution in [2.75, 3.05) is 21.3 Å². The Morgan fingerprint density at radius 2 is 1.45 bits per heavy atom. The largest absolute Gasteiger partial charge is 0.493 e. The first-order chi connectivity index (χ1) is 14.1. The lowest BCUT2D eigenvalue weighted by atomic mass is 10.0. The van der Waals surface area contributed by atoms with Crippen LogP contribution in [0.15, 0.2) is 65.5 Å². The van der Waals surface area contributed by atoms with Gasteiger partial charge in [-0.2, -0.15) is 0 Å². The first-order valence-corrected chi connectivity index (χ1v) is 9.04. The molecule has 0 saturated heterocycles. The number of benzene rings is 3. The van der Waals surface area contributed by atoms with Crippen molar-refractivity contribution in [2.24, 2.45) is 0 Å². The maximum Gasteiger partial charge on any atom is 0.259 e. The van der Waals surface area contributed by atoms with Crippen molar-refractivity contribution in [1.29, 1.82) is 0 Å². The van der Waals surface area contributed by atoms with Crippen molar-refractivity contribution in [3.63, 3.8) is 0 Å². The number of H-pyrrole nitrogens is 1. The summed E-state index contributed by atoms with van der Waals surface area (Å²) in [5.74, 6) is 1.89. The zero-order valence-corrected chi connectivity index (χ0v) is 16.4. The van der Waals surface area contributed by atoms with Gasteiger partial charge in [-0.15, -0.1) is 0 Å². The predicted octanol–water partition coefficient (Wildman–Crippen LogP) is 4.28. The molecule has 0 aliphatic carbocycles. The van der Waals surface area contributed by atoms with Gasteiger partial charge in [-0.05, 0) is 35.4 Å². The van der Waals surface area contributed by atoms with Crippen LogP contribution in [0.5, 0.6) is 17.2 Å². The standard InChI is InChI=1S/C23H20N2O4/c1-27-19-12-16(13-20(28-2)21(19)29-3)22-24-18-10-9-15(11-17(18)23(26)25-22)14-7-5-4-6-8-14/h4-13H,1-3H3,(H,24,25,26). The number of hydrogen-bond donors (Lipinski definition) is 1. The molecule has 6 nitrogen and oxygen atoms in total. The summed E-state index contributed by atoms with van der Waals surface area (Å²) in [4.78, 5) is 20.3. The van der Waals surface area contributed by atoms with Crippen LogP contribution in [0.25, 0.3) is 33.4 Å². The van der Waals surface area contributed by atoms with Crippen molar-refractivity contribution in [3.05, 3.63) is 71.0 Å². The minimum Gasteiger partial charge on any atom is -0.493 e. The lowest BCUT2D eigenvalue weighted by Gasteiger charge is -2.14. The second-order valence-electron chi connectivity index (χ2n) is 6.43. The molecule has 4 rings (SSSR count). The fourth-order valence-corrected chi connectivity index (χ4v) is 3.30. The Bertz CT molecular complexity index is 1210. The van der Waals surface area contributed by atoms with Crippen LogP contribution in [0, 0.1) is 0 Å². The highest BCUT2D eigenvalue weighted by molar-refractivity contribution is 5.85. The average Bonchev–Trinajstić information content (AvgIpc) is 2.78. The molecule has 0 amide bonds. The summed E-state index contributed by atoms with van der Waals surface area (Å²) in [5.41, 5.74) is 3.06. The van der Waals surface area contributed by atoms with Gasteiger partial charge in [-0.1, -0.05) is 36.4 Å². The second-order valence-corrected chi connectivity index (χ2v) is 6.43. The Labute approximate surface area is 167 Å². The second kappa shape index (κ2) is 7.67. The molecular formula is C23H20N2O4. The van der Waals surface area contributed by atoms with Gasteiger partial charge in [0.1, 0.15) is 5.82 Å². The quantitative estimate of drug-likeness (QED) is 0.552. The Hall–Kier alpha value is -3.80. The lowest BCUT2D eigenvalue weighted by Crippen LogP contribution is -2.10. The van der Waals surface area contributed by atoms with E-state index in [1.807, 2.05) is 48.5 Å². The molecule has 1 heterocycles. The van der Waals surface area contributed by atoms with Gasteiger partial charge in [0.15, 0.2) is 11.5 Å². The van der Waals surface area contributed by atoms with E-state index >= 15 is 0 Å². The monoisotopic (exact) mass is 388 g/mol. The molecule has 0 spiro atoms. The summed E-state index contributed by atoms with van der Waals surface area (Å²) >= 11 is 0. The van der Waals surface area contributed by atoms with E-state index in [0.717, 1.165) is 11.1 Å². The molecule has 0 aliphatic rings. The van der Waals surface area contributed by atoms with Gasteiger partial charge < -0.3 is 19.2 Å². The smallest absolute Gasteiger partial charge is 0.259 e. The molecule has 1 N–H and O–H groups in total. The zero-order chi connectivity index (χ0) is 20.4. The number of fused-ring (bicyclic) bond motifs is 1. The van der Waals surface area contributed by atoms with Crippen LogP contribution in [-0.4, -0.2) is 31.3 Å². The fourth-order valence-electron chi connectivity index (χ4n) is 3.30. The van der Waals surface area contributed by atoms with E-state index in [9.17, 15) is 4.79 Å². The summed E-state index contributed by atoms with van der Waals surface area (Å²) in [6, 6.07) is 19.1. The molecule has 0 bridgehead atoms. The van der Waals surface area contributed by atoms with E-state index in [2.05, 4.69) is 9.97 Å². The number of hydrogen-bond acceptors (Lipinski definition) is 5. The molecule has 4 aromatic rings. The normalized spacial score (nSPS) is 10.7. The minimum absolute atomic E-state index is 0.212. The van der Waals surface area contributed by atoms with Crippen LogP contribution >= 0.6 is 0 Å². The Morgan fingerprint density at radius 1 is 0.759 bits per heavy atom. The highest BCUT2D eigenvalue weighted by atomic mass is 16.5. The van der Waals surface area contributed by atoms with Crippen LogP contribution in [0.2, 0.25) is 0 Å². The number of aromatic nitrogens is 2. The average molecular weight is 388 g/mol. The molecule has 0 atom stereocenters. The van der Waals surface area contributed by atoms with Crippen LogP contribution in [-0.2, 0) is 0 Å². The molecule has 146 valence electrons. The number of ether oxygens (including phenoxy) is 3. The Kier molecular flexibility index (Phi) is 4.91. The van der Waals surface area contributed by atoms with Gasteiger partial charge in [0.25, 0.3) is 5.56 Å². The molecule has 0 unspecified atom stereocenters. The van der Waals surface area contributed by atoms with Gasteiger partial charge in [0, 0.05) is 5.56 Å². The SMILES string of the molecule is COc1cc(-c2nc3ccc(-c4ccccc4)cc3c(=O)[nH]2)cc(OC)c1OC. The van der Waals surface area contributed by atoms with Crippen LogP contribution in [0.4, 0.5) is 0 Å². The van der Waals surface area contributed by atoms with Crippen molar-refractivity contribution in [3.8, 4) is 39.8 Å². The minimum atomic E-state index is -0.212. The van der Waals surface area contributed by atoms with E-state index in [-0.39, 0.29) is 5.56 Å². The number of aromatic amines is 1. The third kappa shape index (κ3) is 3.40. The first kappa shape index (κ1) is 18.6. The highest BCUT2D eigenvalue weighted by Crippen LogP contribution is 2.40. The van der Waals surface area contributed by atoms with Gasteiger partial charge in [-0.25, -0.2) is 4.98 Å². The number of methoxy groups -OCH3 is 3. The van der Waals surface area contributed by atoms with Crippen LogP contribution in [0.3, 0.4) is 0 Å². The molecular weight excluding hydrogens is 368 g/mol. The fraction of sp³-hybridized carbons (Fsp3) is 0.130. The molecule has 29 heavy (non-hydrogen) atoms. The maximum absolute atomic E-state index is 12.8. The van der Waals surface area contributed by atoms with Gasteiger partial charge in [0.2, 0.25) is 5.75 Å². The van der Waals surface area contributed by atoms with Crippen molar-refractivity contribution in [2.45, 2.75) is 0 Å². The van der Waals surface area contributed by atoms with Crippen LogP contribution < -0.4 is 19.8 Å². The predicted molar refractivity (Wildman–Crippen MR) is 113 cm³/mol. The first-order valence-electron chi connectivity index (χ1n) is 9.04. The Morgan fingerprint density at radius 3 is 2.07 bits per heavy atom. The van der Waals surface area contributed by atoms with E-state index < -0.39 is 0 Å². The zero-order valence-electron chi connectivity index (χ0n) is 16.4. The van der Waals surface area contributed by atoms with Crippen molar-refractivity contribution < 1.29 is 14.2 Å². The molecule has 0 saturated carbocycles. The van der Waals surface area contributed by atoms with Gasteiger partial charge in [0.05, 0.1) is 32.2 Å². The Balaban J connectivity index is 1.85. The summed E-state index contributed by atoms with van der Waals surface area (Å²) in [7, 11) is 4.63. The molecule has 0 fully saturated rings. The van der Waals surface area contributed by atoms with Gasteiger partial charge >= 0.3 is 0 Å². The summed E-state index contributed by atoms with van der Waals surface area (Å²) in [6.45, 7) is 0. The topological polar surface area (TPSA) is 73.4 Å². The summed E-state index contributed by atoms with van der Waals surface area (Å²) < 4.78 is 16.2. The third-order valence-electron chi connectivity index (χ3n) is 4.75. The highest BCUT2D eigenvalue weighted by Gasteiger charge is 2.16.